The quantitative estimate of drug-likeness (QED) is 0.750. The van der Waals surface area contributed by atoms with Crippen LogP contribution < -0.4 is 10.2 Å². The standard InChI is InChI=1S/C24H37N5OS/c1-15(2)13-19-25-21(20-17-8-7-16(3)14-18(17)31-22(20)26-19)28-9-11-29(12-10-28)23(30)27-24(4,5)6/h15-16H,7-14H2,1-6H3,(H,27,30). The zero-order valence-corrected chi connectivity index (χ0v) is 20.7. The fourth-order valence-electron chi connectivity index (χ4n) is 4.57. The number of fused-ring (bicyclic) bond motifs is 3. The summed E-state index contributed by atoms with van der Waals surface area (Å²) in [5.74, 6) is 3.33. The van der Waals surface area contributed by atoms with Gasteiger partial charge in [-0.15, -0.1) is 11.3 Å². The fourth-order valence-corrected chi connectivity index (χ4v) is 5.97. The average molecular weight is 444 g/mol. The Balaban J connectivity index is 1.63. The van der Waals surface area contributed by atoms with E-state index in [0.29, 0.717) is 5.92 Å². The van der Waals surface area contributed by atoms with Crippen LogP contribution in [0.4, 0.5) is 10.6 Å². The molecule has 2 aromatic heterocycles. The molecule has 0 saturated carbocycles. The number of aryl methyl sites for hydroxylation is 1. The molecule has 0 spiro atoms. The largest absolute Gasteiger partial charge is 0.352 e. The van der Waals surface area contributed by atoms with E-state index in [2.05, 4.69) is 31.0 Å². The molecule has 3 heterocycles. The van der Waals surface area contributed by atoms with E-state index >= 15 is 0 Å². The van der Waals surface area contributed by atoms with Gasteiger partial charge in [-0.2, -0.15) is 0 Å². The lowest BCUT2D eigenvalue weighted by Gasteiger charge is -2.37. The maximum absolute atomic E-state index is 12.6. The SMILES string of the molecule is CC(C)Cc1nc(N2CCN(C(=O)NC(C)(C)C)CC2)c2c3c(sc2n1)CC(C)CC3. The maximum atomic E-state index is 12.6. The molecule has 170 valence electrons. The number of thiophene rings is 1. The third-order valence-corrected chi connectivity index (χ3v) is 7.27. The van der Waals surface area contributed by atoms with Gasteiger partial charge >= 0.3 is 6.03 Å². The van der Waals surface area contributed by atoms with Crippen molar-refractivity contribution < 1.29 is 4.79 Å². The van der Waals surface area contributed by atoms with Gasteiger partial charge in [-0.25, -0.2) is 14.8 Å². The van der Waals surface area contributed by atoms with E-state index in [1.165, 1.54) is 22.2 Å². The summed E-state index contributed by atoms with van der Waals surface area (Å²) >= 11 is 1.88. The van der Waals surface area contributed by atoms with Crippen LogP contribution in [0, 0.1) is 11.8 Å². The number of carbonyl (C=O) groups excluding carboxylic acids is 1. The smallest absolute Gasteiger partial charge is 0.317 e. The van der Waals surface area contributed by atoms with Gasteiger partial charge in [-0.1, -0.05) is 20.8 Å². The number of hydrogen-bond acceptors (Lipinski definition) is 5. The summed E-state index contributed by atoms with van der Waals surface area (Å²) in [6, 6.07) is 0.0300. The molecular formula is C24H37N5OS. The number of amides is 2. The molecule has 4 rings (SSSR count). The number of piperazine rings is 1. The van der Waals surface area contributed by atoms with Gasteiger partial charge in [0.2, 0.25) is 0 Å². The first-order valence-electron chi connectivity index (χ1n) is 11.7. The van der Waals surface area contributed by atoms with Gasteiger partial charge in [0.25, 0.3) is 0 Å². The van der Waals surface area contributed by atoms with Gasteiger partial charge in [0.05, 0.1) is 5.39 Å². The zero-order chi connectivity index (χ0) is 22.3. The Bertz CT molecular complexity index is 953. The molecule has 2 amide bonds. The Morgan fingerprint density at radius 2 is 1.90 bits per heavy atom. The first-order chi connectivity index (χ1) is 14.6. The van der Waals surface area contributed by atoms with Crippen molar-refractivity contribution >= 4 is 33.4 Å². The van der Waals surface area contributed by atoms with Crippen molar-refractivity contribution in [3.05, 3.63) is 16.3 Å². The highest BCUT2D eigenvalue weighted by molar-refractivity contribution is 7.19. The number of nitrogens with one attached hydrogen (secondary N) is 1. The Labute approximate surface area is 190 Å². The molecule has 7 heteroatoms. The van der Waals surface area contributed by atoms with Crippen molar-refractivity contribution in [3.63, 3.8) is 0 Å². The molecule has 1 saturated heterocycles. The lowest BCUT2D eigenvalue weighted by molar-refractivity contribution is 0.185. The highest BCUT2D eigenvalue weighted by Gasteiger charge is 2.29. The number of aromatic nitrogens is 2. The van der Waals surface area contributed by atoms with Crippen molar-refractivity contribution in [2.75, 3.05) is 31.1 Å². The minimum absolute atomic E-state index is 0.0300. The summed E-state index contributed by atoms with van der Waals surface area (Å²) < 4.78 is 0. The topological polar surface area (TPSA) is 61.4 Å². The van der Waals surface area contributed by atoms with Gasteiger partial charge in [0.15, 0.2) is 0 Å². The molecule has 2 aliphatic rings. The fraction of sp³-hybridized carbons (Fsp3) is 0.708. The normalized spacial score (nSPS) is 19.8. The second-order valence-corrected chi connectivity index (χ2v) is 11.8. The molecule has 1 unspecified atom stereocenters. The Kier molecular flexibility index (Phi) is 6.16. The number of nitrogens with zero attached hydrogens (tertiary/aromatic N) is 4. The number of hydrogen-bond donors (Lipinski definition) is 1. The minimum Gasteiger partial charge on any atom is -0.352 e. The first-order valence-corrected chi connectivity index (χ1v) is 12.6. The van der Waals surface area contributed by atoms with Crippen LogP contribution in [-0.2, 0) is 19.3 Å². The van der Waals surface area contributed by atoms with Crippen LogP contribution in [0.15, 0.2) is 0 Å². The Morgan fingerprint density at radius 1 is 1.19 bits per heavy atom. The van der Waals surface area contributed by atoms with Gasteiger partial charge in [-0.05, 0) is 57.4 Å². The summed E-state index contributed by atoms with van der Waals surface area (Å²) in [6.45, 7) is 15.9. The van der Waals surface area contributed by atoms with E-state index in [1.807, 2.05) is 37.0 Å². The molecule has 1 fully saturated rings. The number of urea groups is 1. The zero-order valence-electron chi connectivity index (χ0n) is 19.9. The van der Waals surface area contributed by atoms with Crippen molar-refractivity contribution in [2.45, 2.75) is 72.8 Å². The lowest BCUT2D eigenvalue weighted by Crippen LogP contribution is -2.55. The van der Waals surface area contributed by atoms with E-state index < -0.39 is 0 Å². The van der Waals surface area contributed by atoms with E-state index in [9.17, 15) is 4.79 Å². The average Bonchev–Trinajstić information content (AvgIpc) is 3.02. The summed E-state index contributed by atoms with van der Waals surface area (Å²) in [7, 11) is 0. The molecule has 6 nitrogen and oxygen atoms in total. The molecule has 1 aliphatic heterocycles. The molecule has 1 atom stereocenters. The second kappa shape index (κ2) is 8.57. The van der Waals surface area contributed by atoms with Crippen molar-refractivity contribution in [1.82, 2.24) is 20.2 Å². The van der Waals surface area contributed by atoms with Gasteiger partial charge in [-0.3, -0.25) is 0 Å². The van der Waals surface area contributed by atoms with Crippen molar-refractivity contribution in [3.8, 4) is 0 Å². The maximum Gasteiger partial charge on any atom is 0.317 e. The van der Waals surface area contributed by atoms with E-state index in [1.54, 1.807) is 0 Å². The first kappa shape index (κ1) is 22.3. The molecule has 1 N–H and O–H groups in total. The molecule has 0 aromatic carbocycles. The molecule has 2 aromatic rings. The molecule has 0 bridgehead atoms. The second-order valence-electron chi connectivity index (χ2n) is 10.7. The van der Waals surface area contributed by atoms with E-state index in [-0.39, 0.29) is 11.6 Å². The summed E-state index contributed by atoms with van der Waals surface area (Å²) in [5.41, 5.74) is 1.27. The van der Waals surface area contributed by atoms with Crippen molar-refractivity contribution in [1.29, 1.82) is 0 Å². The number of anilines is 1. The monoisotopic (exact) mass is 443 g/mol. The van der Waals surface area contributed by atoms with Crippen LogP contribution in [0.3, 0.4) is 0 Å². The van der Waals surface area contributed by atoms with Crippen LogP contribution in [0.2, 0.25) is 0 Å². The predicted octanol–water partition coefficient (Wildman–Crippen LogP) is 4.64. The highest BCUT2D eigenvalue weighted by atomic mass is 32.1. The Hall–Kier alpha value is -1.89. The van der Waals surface area contributed by atoms with Crippen LogP contribution in [0.5, 0.6) is 0 Å². The molecular weight excluding hydrogens is 406 g/mol. The van der Waals surface area contributed by atoms with Crippen molar-refractivity contribution in [2.24, 2.45) is 11.8 Å². The van der Waals surface area contributed by atoms with Gasteiger partial charge in [0.1, 0.15) is 16.5 Å². The third-order valence-electron chi connectivity index (χ3n) is 6.12. The Morgan fingerprint density at radius 3 is 2.55 bits per heavy atom. The lowest BCUT2D eigenvalue weighted by atomic mass is 9.89. The summed E-state index contributed by atoms with van der Waals surface area (Å²) in [5, 5.41) is 4.37. The van der Waals surface area contributed by atoms with Gasteiger partial charge < -0.3 is 15.1 Å². The van der Waals surface area contributed by atoms with Gasteiger partial charge in [0, 0.05) is 43.0 Å². The summed E-state index contributed by atoms with van der Waals surface area (Å²) in [4.78, 5) is 29.7. The van der Waals surface area contributed by atoms with Crippen LogP contribution in [0.1, 0.15) is 64.2 Å². The number of rotatable bonds is 3. The highest BCUT2D eigenvalue weighted by Crippen LogP contribution is 2.41. The van der Waals surface area contributed by atoms with E-state index in [4.69, 9.17) is 9.97 Å². The number of carbonyl (C=O) groups is 1. The minimum atomic E-state index is -0.217. The van der Waals surface area contributed by atoms with E-state index in [0.717, 1.165) is 67.8 Å². The predicted molar refractivity (Wildman–Crippen MR) is 129 cm³/mol. The van der Waals surface area contributed by atoms with Crippen LogP contribution >= 0.6 is 11.3 Å². The molecule has 31 heavy (non-hydrogen) atoms. The molecule has 1 aliphatic carbocycles. The summed E-state index contributed by atoms with van der Waals surface area (Å²) in [6.07, 6.45) is 4.43. The van der Waals surface area contributed by atoms with Crippen LogP contribution in [-0.4, -0.2) is 52.6 Å². The van der Waals surface area contributed by atoms with Crippen LogP contribution in [0.25, 0.3) is 10.2 Å². The molecule has 0 radical (unpaired) electrons. The third kappa shape index (κ3) is 4.97.